The quantitative estimate of drug-likeness (QED) is 0.546. The number of halogens is 1. The fraction of sp³-hybridized carbons (Fsp3) is 0.111. The van der Waals surface area contributed by atoms with E-state index in [2.05, 4.69) is 46.7 Å². The number of thiazole rings is 1. The molecular formula is C18H16ClN3S. The van der Waals surface area contributed by atoms with Gasteiger partial charge in [-0.25, -0.2) is 4.98 Å². The Morgan fingerprint density at radius 2 is 2.00 bits per heavy atom. The van der Waals surface area contributed by atoms with Crippen molar-refractivity contribution in [2.75, 3.05) is 0 Å². The van der Waals surface area contributed by atoms with Crippen molar-refractivity contribution >= 4 is 34.6 Å². The summed E-state index contributed by atoms with van der Waals surface area (Å²) in [4.78, 5) is 12.5. The van der Waals surface area contributed by atoms with Crippen molar-refractivity contribution < 1.29 is 0 Å². The van der Waals surface area contributed by atoms with Crippen LogP contribution < -0.4 is 0 Å². The van der Waals surface area contributed by atoms with E-state index in [4.69, 9.17) is 4.98 Å². The number of benzene rings is 1. The lowest BCUT2D eigenvalue weighted by Crippen LogP contribution is -1.83. The number of hydrogen-bond acceptors (Lipinski definition) is 3. The zero-order valence-corrected chi connectivity index (χ0v) is 14.2. The van der Waals surface area contributed by atoms with Gasteiger partial charge < -0.3 is 4.98 Å². The van der Waals surface area contributed by atoms with Gasteiger partial charge in [-0.1, -0.05) is 31.2 Å². The summed E-state index contributed by atoms with van der Waals surface area (Å²) in [7, 11) is 0. The van der Waals surface area contributed by atoms with Crippen molar-refractivity contribution in [2.24, 2.45) is 0 Å². The highest BCUT2D eigenvalue weighted by atomic mass is 35.5. The minimum Gasteiger partial charge on any atom is -0.360 e. The lowest BCUT2D eigenvalue weighted by atomic mass is 10.1. The summed E-state index contributed by atoms with van der Waals surface area (Å²) in [5.74, 6) is 0. The predicted octanol–water partition coefficient (Wildman–Crippen LogP) is 5.34. The lowest BCUT2D eigenvalue weighted by Gasteiger charge is -1.99. The van der Waals surface area contributed by atoms with Crippen molar-refractivity contribution in [1.29, 1.82) is 0 Å². The second-order valence-electron chi connectivity index (χ2n) is 5.15. The average molecular weight is 342 g/mol. The molecule has 0 aliphatic rings. The first kappa shape index (κ1) is 15.7. The molecule has 1 aromatic carbocycles. The van der Waals surface area contributed by atoms with Crippen molar-refractivity contribution in [3.63, 3.8) is 0 Å². The molecule has 3 nitrogen and oxygen atoms in total. The van der Waals surface area contributed by atoms with Gasteiger partial charge in [-0.15, -0.1) is 23.7 Å². The summed E-state index contributed by atoms with van der Waals surface area (Å²) in [6, 6.07) is 12.3. The van der Waals surface area contributed by atoms with E-state index in [1.807, 2.05) is 18.2 Å². The minimum atomic E-state index is 0. The summed E-state index contributed by atoms with van der Waals surface area (Å²) in [6.45, 7) is 2.18. The molecule has 1 N–H and O–H groups in total. The lowest BCUT2D eigenvalue weighted by molar-refractivity contribution is 1.15. The molecule has 4 aromatic rings. The largest absolute Gasteiger partial charge is 0.360 e. The topological polar surface area (TPSA) is 41.6 Å². The minimum absolute atomic E-state index is 0. The Morgan fingerprint density at radius 1 is 1.09 bits per heavy atom. The molecule has 116 valence electrons. The van der Waals surface area contributed by atoms with Crippen LogP contribution in [0.3, 0.4) is 0 Å². The number of H-pyrrole nitrogens is 1. The van der Waals surface area contributed by atoms with Crippen LogP contribution in [0.25, 0.3) is 32.9 Å². The van der Waals surface area contributed by atoms with Crippen LogP contribution in [0.15, 0.2) is 54.2 Å². The maximum atomic E-state index is 4.76. The Morgan fingerprint density at radius 3 is 2.78 bits per heavy atom. The van der Waals surface area contributed by atoms with Crippen molar-refractivity contribution in [2.45, 2.75) is 13.3 Å². The smallest absolute Gasteiger partial charge is 0.142 e. The highest BCUT2D eigenvalue weighted by Gasteiger charge is 2.12. The van der Waals surface area contributed by atoms with E-state index in [0.717, 1.165) is 28.4 Å². The maximum Gasteiger partial charge on any atom is 0.142 e. The fourth-order valence-electron chi connectivity index (χ4n) is 2.73. The number of pyridine rings is 1. The van der Waals surface area contributed by atoms with E-state index in [1.54, 1.807) is 17.5 Å². The van der Waals surface area contributed by atoms with Gasteiger partial charge in [0.25, 0.3) is 0 Å². The van der Waals surface area contributed by atoms with E-state index in [-0.39, 0.29) is 12.4 Å². The molecule has 5 heteroatoms. The molecule has 0 saturated carbocycles. The molecule has 0 spiro atoms. The molecular weight excluding hydrogens is 326 g/mol. The number of aryl methyl sites for hydroxylation is 1. The van der Waals surface area contributed by atoms with Crippen LogP contribution in [0.4, 0.5) is 0 Å². The van der Waals surface area contributed by atoms with Crippen LogP contribution >= 0.6 is 23.7 Å². The van der Waals surface area contributed by atoms with Gasteiger partial charge >= 0.3 is 0 Å². The SMILES string of the molecule is CCc1cccc2c(-c3csc(-c4ccccn4)n3)c[nH]c12.Cl. The highest BCUT2D eigenvalue weighted by Crippen LogP contribution is 2.33. The fourth-order valence-corrected chi connectivity index (χ4v) is 3.52. The van der Waals surface area contributed by atoms with Gasteiger partial charge in [0, 0.05) is 34.2 Å². The van der Waals surface area contributed by atoms with Gasteiger partial charge in [0.2, 0.25) is 0 Å². The molecule has 0 aliphatic carbocycles. The molecule has 0 bridgehead atoms. The number of fused-ring (bicyclic) bond motifs is 1. The van der Waals surface area contributed by atoms with Gasteiger partial charge in [-0.3, -0.25) is 4.98 Å². The maximum absolute atomic E-state index is 4.76. The van der Waals surface area contributed by atoms with Crippen LogP contribution in [0.5, 0.6) is 0 Å². The van der Waals surface area contributed by atoms with E-state index in [1.165, 1.54) is 16.5 Å². The first-order valence-corrected chi connectivity index (χ1v) is 8.21. The Balaban J connectivity index is 0.00000156. The van der Waals surface area contributed by atoms with Crippen LogP contribution in [0.1, 0.15) is 12.5 Å². The Kier molecular flexibility index (Phi) is 4.46. The van der Waals surface area contributed by atoms with E-state index < -0.39 is 0 Å². The second kappa shape index (κ2) is 6.52. The molecule has 3 heterocycles. The predicted molar refractivity (Wildman–Crippen MR) is 99.3 cm³/mol. The molecule has 0 saturated heterocycles. The Labute approximate surface area is 144 Å². The third-order valence-corrected chi connectivity index (χ3v) is 4.71. The highest BCUT2D eigenvalue weighted by molar-refractivity contribution is 7.13. The summed E-state index contributed by atoms with van der Waals surface area (Å²) < 4.78 is 0. The summed E-state index contributed by atoms with van der Waals surface area (Å²) in [6.07, 6.45) is 4.88. The number of para-hydroxylation sites is 1. The van der Waals surface area contributed by atoms with E-state index >= 15 is 0 Å². The van der Waals surface area contributed by atoms with Gasteiger partial charge in [0.15, 0.2) is 0 Å². The van der Waals surface area contributed by atoms with Crippen LogP contribution in [-0.4, -0.2) is 15.0 Å². The zero-order valence-electron chi connectivity index (χ0n) is 12.6. The number of rotatable bonds is 3. The summed E-state index contributed by atoms with van der Waals surface area (Å²) >= 11 is 1.63. The third-order valence-electron chi connectivity index (χ3n) is 3.85. The van der Waals surface area contributed by atoms with E-state index in [0.29, 0.717) is 0 Å². The Hall–Kier alpha value is -2.17. The molecule has 23 heavy (non-hydrogen) atoms. The van der Waals surface area contributed by atoms with Crippen molar-refractivity contribution in [1.82, 2.24) is 15.0 Å². The molecule has 0 radical (unpaired) electrons. The number of nitrogens with zero attached hydrogens (tertiary/aromatic N) is 2. The Bertz CT molecular complexity index is 928. The van der Waals surface area contributed by atoms with Crippen LogP contribution in [-0.2, 0) is 6.42 Å². The average Bonchev–Trinajstić information content (AvgIpc) is 3.22. The van der Waals surface area contributed by atoms with Gasteiger partial charge in [0.05, 0.1) is 11.4 Å². The third kappa shape index (κ3) is 2.76. The number of aromatic amines is 1. The van der Waals surface area contributed by atoms with Gasteiger partial charge in [0.1, 0.15) is 5.01 Å². The molecule has 0 atom stereocenters. The molecule has 3 aromatic heterocycles. The van der Waals surface area contributed by atoms with Gasteiger partial charge in [-0.2, -0.15) is 0 Å². The first-order valence-electron chi connectivity index (χ1n) is 7.33. The van der Waals surface area contributed by atoms with Crippen molar-refractivity contribution in [3.05, 3.63) is 59.7 Å². The monoisotopic (exact) mass is 341 g/mol. The normalized spacial score (nSPS) is 10.7. The molecule has 4 rings (SSSR count). The molecule has 0 fully saturated rings. The first-order chi connectivity index (χ1) is 10.9. The van der Waals surface area contributed by atoms with Crippen molar-refractivity contribution in [3.8, 4) is 22.0 Å². The molecule has 0 unspecified atom stereocenters. The summed E-state index contributed by atoms with van der Waals surface area (Å²) in [5, 5.41) is 4.29. The van der Waals surface area contributed by atoms with Crippen LogP contribution in [0, 0.1) is 0 Å². The molecule has 0 amide bonds. The second-order valence-corrected chi connectivity index (χ2v) is 6.01. The molecule has 0 aliphatic heterocycles. The summed E-state index contributed by atoms with van der Waals surface area (Å²) in [5.41, 5.74) is 5.64. The number of hydrogen-bond donors (Lipinski definition) is 1. The number of nitrogens with one attached hydrogen (secondary N) is 1. The zero-order chi connectivity index (χ0) is 14.9. The standard InChI is InChI=1S/C18H15N3S.ClH/c1-2-12-6-5-7-13-14(10-20-17(12)13)16-11-22-18(21-16)15-8-3-4-9-19-15;/h3-11,20H,2H2,1H3;1H. The van der Waals surface area contributed by atoms with Gasteiger partial charge in [-0.05, 0) is 24.1 Å². The number of aromatic nitrogens is 3. The van der Waals surface area contributed by atoms with Crippen LogP contribution in [0.2, 0.25) is 0 Å². The van der Waals surface area contributed by atoms with E-state index in [9.17, 15) is 0 Å².